The molecular weight excluding hydrogens is 436 g/mol. The van der Waals surface area contributed by atoms with Gasteiger partial charge in [0.25, 0.3) is 15.9 Å². The first-order chi connectivity index (χ1) is 15.9. The SMILES string of the molecule is Cc1ccccc1NS(=O)(=O)c1ccc(C(=O)N(Cc2ccccc2)Cc2ccco2)cc1. The number of hydrogen-bond acceptors (Lipinski definition) is 4. The van der Waals surface area contributed by atoms with Crippen molar-refractivity contribution >= 4 is 21.6 Å². The molecule has 0 fully saturated rings. The van der Waals surface area contributed by atoms with Crippen LogP contribution < -0.4 is 4.72 Å². The third-order valence-electron chi connectivity index (χ3n) is 5.23. The number of furan rings is 1. The minimum absolute atomic E-state index is 0.0861. The van der Waals surface area contributed by atoms with E-state index in [1.807, 2.05) is 55.5 Å². The van der Waals surface area contributed by atoms with E-state index in [4.69, 9.17) is 4.42 Å². The van der Waals surface area contributed by atoms with Gasteiger partial charge in [-0.05, 0) is 60.5 Å². The lowest BCUT2D eigenvalue weighted by Crippen LogP contribution is -2.30. The molecule has 1 amide bonds. The van der Waals surface area contributed by atoms with Gasteiger partial charge in [-0.25, -0.2) is 8.42 Å². The monoisotopic (exact) mass is 460 g/mol. The van der Waals surface area contributed by atoms with E-state index < -0.39 is 10.0 Å². The first-order valence-corrected chi connectivity index (χ1v) is 11.9. The van der Waals surface area contributed by atoms with Crippen LogP contribution >= 0.6 is 0 Å². The fourth-order valence-corrected chi connectivity index (χ4v) is 4.58. The van der Waals surface area contributed by atoms with E-state index in [1.54, 1.807) is 29.4 Å². The molecule has 0 unspecified atom stereocenters. The van der Waals surface area contributed by atoms with Crippen LogP contribution in [-0.2, 0) is 23.1 Å². The van der Waals surface area contributed by atoms with Crippen LogP contribution in [0.3, 0.4) is 0 Å². The molecule has 168 valence electrons. The first-order valence-electron chi connectivity index (χ1n) is 10.5. The van der Waals surface area contributed by atoms with Crippen LogP contribution in [0, 0.1) is 6.92 Å². The number of amides is 1. The van der Waals surface area contributed by atoms with Crippen LogP contribution in [0.4, 0.5) is 5.69 Å². The standard InChI is InChI=1S/C26H24N2O4S/c1-20-8-5-6-12-25(20)27-33(30,31)24-15-13-22(14-16-24)26(29)28(19-23-11-7-17-32-23)18-21-9-3-2-4-10-21/h2-17,27H,18-19H2,1H3. The van der Waals surface area contributed by atoms with Gasteiger partial charge in [-0.3, -0.25) is 9.52 Å². The lowest BCUT2D eigenvalue weighted by atomic mass is 10.1. The number of anilines is 1. The highest BCUT2D eigenvalue weighted by Gasteiger charge is 2.20. The Kier molecular flexibility index (Phi) is 6.60. The Bertz CT molecular complexity index is 1320. The predicted octanol–water partition coefficient (Wildman–Crippen LogP) is 5.23. The Morgan fingerprint density at radius 2 is 1.55 bits per heavy atom. The van der Waals surface area contributed by atoms with Gasteiger partial charge in [0, 0.05) is 12.1 Å². The van der Waals surface area contributed by atoms with Gasteiger partial charge < -0.3 is 9.32 Å². The van der Waals surface area contributed by atoms with E-state index in [0.29, 0.717) is 30.1 Å². The molecule has 0 saturated heterocycles. The summed E-state index contributed by atoms with van der Waals surface area (Å²) in [5, 5.41) is 0. The van der Waals surface area contributed by atoms with Crippen molar-refractivity contribution in [1.29, 1.82) is 0 Å². The minimum atomic E-state index is -3.78. The third-order valence-corrected chi connectivity index (χ3v) is 6.61. The highest BCUT2D eigenvalue weighted by Crippen LogP contribution is 2.21. The lowest BCUT2D eigenvalue weighted by molar-refractivity contribution is 0.0717. The summed E-state index contributed by atoms with van der Waals surface area (Å²) in [4.78, 5) is 15.0. The van der Waals surface area contributed by atoms with Gasteiger partial charge in [-0.15, -0.1) is 0 Å². The number of carbonyl (C=O) groups excluding carboxylic acids is 1. The zero-order chi connectivity index (χ0) is 23.3. The topological polar surface area (TPSA) is 79.6 Å². The molecule has 0 aliphatic rings. The van der Waals surface area contributed by atoms with Gasteiger partial charge in [0.05, 0.1) is 23.4 Å². The predicted molar refractivity (Wildman–Crippen MR) is 127 cm³/mol. The van der Waals surface area contributed by atoms with Gasteiger partial charge in [0.1, 0.15) is 5.76 Å². The average Bonchev–Trinajstić information content (AvgIpc) is 3.34. The Labute approximate surface area is 193 Å². The second-order valence-electron chi connectivity index (χ2n) is 7.67. The molecule has 33 heavy (non-hydrogen) atoms. The van der Waals surface area contributed by atoms with Crippen LogP contribution in [0.5, 0.6) is 0 Å². The molecule has 1 aromatic heterocycles. The van der Waals surface area contributed by atoms with Crippen molar-refractivity contribution in [1.82, 2.24) is 4.90 Å². The summed E-state index contributed by atoms with van der Waals surface area (Å²) in [6.45, 7) is 2.53. The summed E-state index contributed by atoms with van der Waals surface area (Å²) >= 11 is 0. The molecule has 0 bridgehead atoms. The maximum Gasteiger partial charge on any atom is 0.261 e. The highest BCUT2D eigenvalue weighted by atomic mass is 32.2. The van der Waals surface area contributed by atoms with Crippen LogP contribution in [0.1, 0.15) is 27.2 Å². The van der Waals surface area contributed by atoms with Crippen molar-refractivity contribution in [2.45, 2.75) is 24.9 Å². The van der Waals surface area contributed by atoms with E-state index >= 15 is 0 Å². The molecule has 6 nitrogen and oxygen atoms in total. The molecule has 1 heterocycles. The fourth-order valence-electron chi connectivity index (χ4n) is 3.44. The summed E-state index contributed by atoms with van der Waals surface area (Å²) < 4.78 is 33.6. The second kappa shape index (κ2) is 9.75. The van der Waals surface area contributed by atoms with Gasteiger partial charge in [-0.2, -0.15) is 0 Å². The maximum atomic E-state index is 13.3. The molecule has 0 radical (unpaired) electrons. The van der Waals surface area contributed by atoms with Crippen molar-refractivity contribution in [3.05, 3.63) is 120 Å². The Hall–Kier alpha value is -3.84. The number of aryl methyl sites for hydroxylation is 1. The quantitative estimate of drug-likeness (QED) is 0.390. The molecule has 4 aromatic rings. The van der Waals surface area contributed by atoms with Crippen LogP contribution in [0.15, 0.2) is 107 Å². The zero-order valence-corrected chi connectivity index (χ0v) is 19.0. The number of nitrogens with zero attached hydrogens (tertiary/aromatic N) is 1. The molecule has 3 aromatic carbocycles. The number of para-hydroxylation sites is 1. The number of benzene rings is 3. The van der Waals surface area contributed by atoms with Crippen molar-refractivity contribution in [2.24, 2.45) is 0 Å². The molecule has 0 aliphatic carbocycles. The van der Waals surface area contributed by atoms with E-state index in [-0.39, 0.29) is 10.8 Å². The van der Waals surface area contributed by atoms with Gasteiger partial charge >= 0.3 is 0 Å². The molecular formula is C26H24N2O4S. The Morgan fingerprint density at radius 1 is 0.848 bits per heavy atom. The number of sulfonamides is 1. The molecule has 0 saturated carbocycles. The highest BCUT2D eigenvalue weighted by molar-refractivity contribution is 7.92. The van der Waals surface area contributed by atoms with Crippen molar-refractivity contribution in [3.63, 3.8) is 0 Å². The third kappa shape index (κ3) is 5.51. The molecule has 0 atom stereocenters. The molecule has 0 spiro atoms. The second-order valence-corrected chi connectivity index (χ2v) is 9.35. The van der Waals surface area contributed by atoms with Crippen molar-refractivity contribution in [2.75, 3.05) is 4.72 Å². The smallest absolute Gasteiger partial charge is 0.261 e. The summed E-state index contributed by atoms with van der Waals surface area (Å²) in [6, 6.07) is 26.4. The van der Waals surface area contributed by atoms with Gasteiger partial charge in [-0.1, -0.05) is 48.5 Å². The number of rotatable bonds is 8. The summed E-state index contributed by atoms with van der Waals surface area (Å²) in [5.74, 6) is 0.451. The number of nitrogens with one attached hydrogen (secondary N) is 1. The Balaban J connectivity index is 1.55. The fraction of sp³-hybridized carbons (Fsp3) is 0.115. The molecule has 0 aliphatic heterocycles. The largest absolute Gasteiger partial charge is 0.467 e. The number of hydrogen-bond donors (Lipinski definition) is 1. The average molecular weight is 461 g/mol. The first kappa shape index (κ1) is 22.4. The van der Waals surface area contributed by atoms with E-state index in [9.17, 15) is 13.2 Å². The molecule has 4 rings (SSSR count). The van der Waals surface area contributed by atoms with Crippen LogP contribution in [0.25, 0.3) is 0 Å². The van der Waals surface area contributed by atoms with Crippen LogP contribution in [0.2, 0.25) is 0 Å². The van der Waals surface area contributed by atoms with Crippen LogP contribution in [-0.4, -0.2) is 19.2 Å². The van der Waals surface area contributed by atoms with Crippen molar-refractivity contribution < 1.29 is 17.6 Å². The Morgan fingerprint density at radius 3 is 2.21 bits per heavy atom. The van der Waals surface area contributed by atoms with E-state index in [1.165, 1.54) is 24.3 Å². The van der Waals surface area contributed by atoms with Gasteiger partial charge in [0.15, 0.2) is 0 Å². The molecule has 1 N–H and O–H groups in total. The van der Waals surface area contributed by atoms with Crippen molar-refractivity contribution in [3.8, 4) is 0 Å². The normalized spacial score (nSPS) is 11.2. The van der Waals surface area contributed by atoms with E-state index in [0.717, 1.165) is 11.1 Å². The zero-order valence-electron chi connectivity index (χ0n) is 18.1. The summed E-state index contributed by atoms with van der Waals surface area (Å²) in [5.41, 5.74) is 2.72. The molecule has 7 heteroatoms. The maximum absolute atomic E-state index is 13.3. The summed E-state index contributed by atoms with van der Waals surface area (Å²) in [7, 11) is -3.78. The van der Waals surface area contributed by atoms with E-state index in [2.05, 4.69) is 4.72 Å². The lowest BCUT2D eigenvalue weighted by Gasteiger charge is -2.22. The minimum Gasteiger partial charge on any atom is -0.467 e. The summed E-state index contributed by atoms with van der Waals surface area (Å²) in [6.07, 6.45) is 1.57. The number of carbonyl (C=O) groups is 1. The van der Waals surface area contributed by atoms with Gasteiger partial charge in [0.2, 0.25) is 0 Å².